The second-order valence-electron chi connectivity index (χ2n) is 3.59. The minimum absolute atomic E-state index is 0.0482. The molecule has 5 heteroatoms. The molecule has 1 heterocycles. The fourth-order valence-corrected chi connectivity index (χ4v) is 1.28. The maximum atomic E-state index is 11.8. The maximum Gasteiger partial charge on any atom is 0.255 e. The zero-order valence-corrected chi connectivity index (χ0v) is 9.56. The van der Waals surface area contributed by atoms with Crippen molar-refractivity contribution in [2.45, 2.75) is 19.4 Å². The summed E-state index contributed by atoms with van der Waals surface area (Å²) in [5.74, 6) is 0.0492. The number of methoxy groups -OCH3 is 1. The van der Waals surface area contributed by atoms with Crippen LogP contribution in [0.4, 0.5) is 5.82 Å². The third-order valence-corrected chi connectivity index (χ3v) is 2.22. The molecule has 1 aromatic rings. The first-order chi connectivity index (χ1) is 7.65. The van der Waals surface area contributed by atoms with Crippen molar-refractivity contribution < 1.29 is 9.53 Å². The van der Waals surface area contributed by atoms with E-state index in [4.69, 9.17) is 10.5 Å². The summed E-state index contributed by atoms with van der Waals surface area (Å²) >= 11 is 0. The Bertz CT molecular complexity index is 355. The number of anilines is 1. The summed E-state index contributed by atoms with van der Waals surface area (Å²) in [6, 6.07) is 3.39. The number of amides is 1. The molecule has 0 saturated carbocycles. The Labute approximate surface area is 95.0 Å². The van der Waals surface area contributed by atoms with Crippen LogP contribution in [0.5, 0.6) is 0 Å². The summed E-state index contributed by atoms with van der Waals surface area (Å²) < 4.78 is 4.94. The molecule has 0 aliphatic carbocycles. The van der Waals surface area contributed by atoms with Crippen LogP contribution in [0, 0.1) is 0 Å². The zero-order chi connectivity index (χ0) is 12.0. The lowest BCUT2D eigenvalue weighted by Crippen LogP contribution is -2.33. The molecule has 3 N–H and O–H groups in total. The number of nitrogens with one attached hydrogen (secondary N) is 1. The second-order valence-corrected chi connectivity index (χ2v) is 3.59. The number of nitrogens with zero attached hydrogens (tertiary/aromatic N) is 1. The molecule has 0 aromatic carbocycles. The van der Waals surface area contributed by atoms with Gasteiger partial charge in [-0.15, -0.1) is 0 Å². The van der Waals surface area contributed by atoms with E-state index in [1.54, 1.807) is 25.4 Å². The van der Waals surface area contributed by atoms with Crippen LogP contribution in [0.1, 0.15) is 23.7 Å². The molecule has 88 valence electrons. The van der Waals surface area contributed by atoms with Gasteiger partial charge in [-0.3, -0.25) is 4.79 Å². The zero-order valence-electron chi connectivity index (χ0n) is 9.56. The quantitative estimate of drug-likeness (QED) is 0.774. The van der Waals surface area contributed by atoms with E-state index in [1.165, 1.54) is 0 Å². The van der Waals surface area contributed by atoms with Gasteiger partial charge in [-0.1, -0.05) is 0 Å². The minimum Gasteiger partial charge on any atom is -0.385 e. The van der Waals surface area contributed by atoms with Crippen LogP contribution < -0.4 is 11.1 Å². The molecule has 1 aromatic heterocycles. The number of aromatic nitrogens is 1. The smallest absolute Gasteiger partial charge is 0.255 e. The number of nitrogen functional groups attached to an aromatic ring is 1. The van der Waals surface area contributed by atoms with Crippen LogP contribution in [0.15, 0.2) is 18.3 Å². The SMILES string of the molecule is COCCC(C)NC(=O)c1cccnc1N. The van der Waals surface area contributed by atoms with Crippen LogP contribution in [-0.4, -0.2) is 30.6 Å². The number of nitrogens with two attached hydrogens (primary N) is 1. The molecule has 0 spiro atoms. The van der Waals surface area contributed by atoms with Gasteiger partial charge >= 0.3 is 0 Å². The van der Waals surface area contributed by atoms with Crippen LogP contribution in [-0.2, 0) is 4.74 Å². The first kappa shape index (κ1) is 12.4. The molecule has 0 saturated heterocycles. The number of carbonyl (C=O) groups excluding carboxylic acids is 1. The van der Waals surface area contributed by atoms with E-state index in [2.05, 4.69) is 10.3 Å². The topological polar surface area (TPSA) is 77.2 Å². The van der Waals surface area contributed by atoms with Crippen molar-refractivity contribution in [2.24, 2.45) is 0 Å². The average Bonchev–Trinajstić information content (AvgIpc) is 2.26. The molecule has 16 heavy (non-hydrogen) atoms. The fraction of sp³-hybridized carbons (Fsp3) is 0.455. The molecule has 0 radical (unpaired) electrons. The summed E-state index contributed by atoms with van der Waals surface area (Å²) in [4.78, 5) is 15.6. The summed E-state index contributed by atoms with van der Waals surface area (Å²) in [5, 5.41) is 2.83. The van der Waals surface area contributed by atoms with Gasteiger partial charge in [-0.2, -0.15) is 0 Å². The molecule has 0 fully saturated rings. The van der Waals surface area contributed by atoms with Crippen molar-refractivity contribution in [3.05, 3.63) is 23.9 Å². The normalized spacial score (nSPS) is 12.1. The number of ether oxygens (including phenoxy) is 1. The van der Waals surface area contributed by atoms with E-state index in [9.17, 15) is 4.79 Å². The number of rotatable bonds is 5. The van der Waals surface area contributed by atoms with Gasteiger partial charge in [0.25, 0.3) is 5.91 Å². The lowest BCUT2D eigenvalue weighted by Gasteiger charge is -2.13. The van der Waals surface area contributed by atoms with Crippen LogP contribution >= 0.6 is 0 Å². The van der Waals surface area contributed by atoms with Gasteiger partial charge in [0.15, 0.2) is 0 Å². The number of hydrogen-bond donors (Lipinski definition) is 2. The molecule has 1 atom stereocenters. The largest absolute Gasteiger partial charge is 0.385 e. The number of carbonyl (C=O) groups is 1. The van der Waals surface area contributed by atoms with Crippen molar-refractivity contribution in [2.75, 3.05) is 19.5 Å². The number of pyridine rings is 1. The molecular formula is C11H17N3O2. The van der Waals surface area contributed by atoms with Gasteiger partial charge in [0, 0.05) is 26.0 Å². The second kappa shape index (κ2) is 6.07. The Hall–Kier alpha value is -1.62. The van der Waals surface area contributed by atoms with E-state index in [0.717, 1.165) is 6.42 Å². The Balaban J connectivity index is 2.56. The van der Waals surface area contributed by atoms with Crippen LogP contribution in [0.3, 0.4) is 0 Å². The Kier molecular flexibility index (Phi) is 4.72. The molecular weight excluding hydrogens is 206 g/mol. The molecule has 0 bridgehead atoms. The highest BCUT2D eigenvalue weighted by Crippen LogP contribution is 2.07. The molecule has 5 nitrogen and oxygen atoms in total. The summed E-state index contributed by atoms with van der Waals surface area (Å²) in [6.07, 6.45) is 2.32. The van der Waals surface area contributed by atoms with Gasteiger partial charge in [0.05, 0.1) is 5.56 Å². The first-order valence-corrected chi connectivity index (χ1v) is 5.15. The standard InChI is InChI=1S/C11H17N3O2/c1-8(5-7-16-2)14-11(15)9-4-3-6-13-10(9)12/h3-4,6,8H,5,7H2,1-2H3,(H2,12,13)(H,14,15). The molecule has 1 amide bonds. The van der Waals surface area contributed by atoms with E-state index >= 15 is 0 Å². The van der Waals surface area contributed by atoms with Crippen molar-refractivity contribution >= 4 is 11.7 Å². The lowest BCUT2D eigenvalue weighted by molar-refractivity contribution is 0.0930. The third kappa shape index (κ3) is 3.51. The van der Waals surface area contributed by atoms with Gasteiger partial charge in [0.2, 0.25) is 0 Å². The Morgan fingerprint density at radius 3 is 3.06 bits per heavy atom. The van der Waals surface area contributed by atoms with Gasteiger partial charge < -0.3 is 15.8 Å². The summed E-state index contributed by atoms with van der Waals surface area (Å²) in [6.45, 7) is 2.54. The van der Waals surface area contributed by atoms with Crippen molar-refractivity contribution in [1.82, 2.24) is 10.3 Å². The van der Waals surface area contributed by atoms with Crippen molar-refractivity contribution in [3.8, 4) is 0 Å². The predicted molar refractivity (Wildman–Crippen MR) is 62.1 cm³/mol. The average molecular weight is 223 g/mol. The highest BCUT2D eigenvalue weighted by molar-refractivity contribution is 5.98. The van der Waals surface area contributed by atoms with Crippen molar-refractivity contribution in [3.63, 3.8) is 0 Å². The summed E-state index contributed by atoms with van der Waals surface area (Å²) in [7, 11) is 1.63. The molecule has 0 aliphatic rings. The fourth-order valence-electron chi connectivity index (χ4n) is 1.28. The summed E-state index contributed by atoms with van der Waals surface area (Å²) in [5.41, 5.74) is 6.01. The maximum absolute atomic E-state index is 11.8. The predicted octanol–water partition coefficient (Wildman–Crippen LogP) is 0.819. The first-order valence-electron chi connectivity index (χ1n) is 5.15. The Morgan fingerprint density at radius 2 is 2.44 bits per heavy atom. The van der Waals surface area contributed by atoms with Gasteiger partial charge in [-0.05, 0) is 25.5 Å². The van der Waals surface area contributed by atoms with Crippen LogP contribution in [0.2, 0.25) is 0 Å². The highest BCUT2D eigenvalue weighted by Gasteiger charge is 2.12. The number of hydrogen-bond acceptors (Lipinski definition) is 4. The van der Waals surface area contributed by atoms with Crippen LogP contribution in [0.25, 0.3) is 0 Å². The highest BCUT2D eigenvalue weighted by atomic mass is 16.5. The van der Waals surface area contributed by atoms with Gasteiger partial charge in [-0.25, -0.2) is 4.98 Å². The monoisotopic (exact) mass is 223 g/mol. The van der Waals surface area contributed by atoms with E-state index in [1.807, 2.05) is 6.92 Å². The molecule has 0 aliphatic heterocycles. The Morgan fingerprint density at radius 1 is 1.69 bits per heavy atom. The third-order valence-electron chi connectivity index (χ3n) is 2.22. The molecule has 1 unspecified atom stereocenters. The van der Waals surface area contributed by atoms with Crippen molar-refractivity contribution in [1.29, 1.82) is 0 Å². The lowest BCUT2D eigenvalue weighted by atomic mass is 10.2. The van der Waals surface area contributed by atoms with E-state index in [0.29, 0.717) is 12.2 Å². The van der Waals surface area contributed by atoms with Gasteiger partial charge in [0.1, 0.15) is 5.82 Å². The van der Waals surface area contributed by atoms with E-state index < -0.39 is 0 Å². The molecule has 1 rings (SSSR count). The minimum atomic E-state index is -0.200. The van der Waals surface area contributed by atoms with E-state index in [-0.39, 0.29) is 17.8 Å².